The highest BCUT2D eigenvalue weighted by molar-refractivity contribution is 6.30. The van der Waals surface area contributed by atoms with Gasteiger partial charge in [0.15, 0.2) is 0 Å². The minimum absolute atomic E-state index is 0.0332. The van der Waals surface area contributed by atoms with E-state index in [2.05, 4.69) is 5.32 Å². The average Bonchev–Trinajstić information content (AvgIpc) is 2.98. The van der Waals surface area contributed by atoms with Crippen molar-refractivity contribution in [1.82, 2.24) is 4.90 Å². The second-order valence-electron chi connectivity index (χ2n) is 13.5. The van der Waals surface area contributed by atoms with Gasteiger partial charge in [-0.3, -0.25) is 5.32 Å². The third kappa shape index (κ3) is 10.1. The Morgan fingerprint density at radius 3 is 2.28 bits per heavy atom. The van der Waals surface area contributed by atoms with Crippen LogP contribution in [0, 0.1) is 0 Å². The van der Waals surface area contributed by atoms with Gasteiger partial charge >= 0.3 is 18.2 Å². The van der Waals surface area contributed by atoms with Crippen molar-refractivity contribution in [3.8, 4) is 11.5 Å². The van der Waals surface area contributed by atoms with E-state index in [1.54, 1.807) is 62.1 Å². The van der Waals surface area contributed by atoms with Crippen LogP contribution in [0.2, 0.25) is 5.02 Å². The van der Waals surface area contributed by atoms with Crippen molar-refractivity contribution in [2.45, 2.75) is 84.2 Å². The van der Waals surface area contributed by atoms with Gasteiger partial charge in [-0.1, -0.05) is 29.8 Å². The quantitative estimate of drug-likeness (QED) is 0.183. The number of esters is 1. The average molecular weight is 667 g/mol. The van der Waals surface area contributed by atoms with Gasteiger partial charge in [-0.25, -0.2) is 14.4 Å². The van der Waals surface area contributed by atoms with Crippen molar-refractivity contribution in [3.63, 3.8) is 0 Å². The van der Waals surface area contributed by atoms with E-state index in [9.17, 15) is 19.5 Å². The Morgan fingerprint density at radius 2 is 1.62 bits per heavy atom. The highest BCUT2D eigenvalue weighted by Crippen LogP contribution is 2.33. The molecule has 2 atom stereocenters. The first-order valence-corrected chi connectivity index (χ1v) is 15.8. The number of carbonyl (C=O) groups excluding carboxylic acids is 3. The Bertz CT molecular complexity index is 1610. The van der Waals surface area contributed by atoms with Gasteiger partial charge in [0, 0.05) is 11.1 Å². The van der Waals surface area contributed by atoms with E-state index in [-0.39, 0.29) is 23.8 Å². The summed E-state index contributed by atoms with van der Waals surface area (Å²) in [6, 6.07) is 17.1. The first-order valence-electron chi connectivity index (χ1n) is 15.5. The molecule has 0 fully saturated rings. The summed E-state index contributed by atoms with van der Waals surface area (Å²) in [6.45, 7) is 10.7. The molecule has 10 nitrogen and oxygen atoms in total. The predicted molar refractivity (Wildman–Crippen MR) is 179 cm³/mol. The molecule has 2 N–H and O–H groups in total. The number of nitrogens with one attached hydrogen (secondary N) is 1. The van der Waals surface area contributed by atoms with Crippen molar-refractivity contribution < 1.29 is 38.4 Å². The van der Waals surface area contributed by atoms with Gasteiger partial charge in [0.05, 0.1) is 31.0 Å². The first kappa shape index (κ1) is 35.6. The number of hydrogen-bond acceptors (Lipinski definition) is 8. The molecule has 11 heteroatoms. The van der Waals surface area contributed by atoms with Gasteiger partial charge < -0.3 is 29.0 Å². The molecular formula is C36H43ClN2O8. The van der Waals surface area contributed by atoms with Crippen LogP contribution in [0.3, 0.4) is 0 Å². The van der Waals surface area contributed by atoms with Crippen molar-refractivity contribution >= 4 is 35.4 Å². The summed E-state index contributed by atoms with van der Waals surface area (Å²) in [6.07, 6.45) is -0.265. The smallest absolute Gasteiger partial charge is 0.412 e. The number of hydrogen-bond donors (Lipinski definition) is 2. The minimum atomic E-state index is -0.964. The minimum Gasteiger partial charge on any atom is -0.465 e. The number of benzene rings is 3. The van der Waals surface area contributed by atoms with E-state index in [1.165, 1.54) is 13.2 Å². The molecule has 1 aliphatic carbocycles. The fourth-order valence-corrected chi connectivity index (χ4v) is 5.47. The van der Waals surface area contributed by atoms with Gasteiger partial charge in [-0.05, 0) is 120 Å². The van der Waals surface area contributed by atoms with Gasteiger partial charge in [-0.2, -0.15) is 0 Å². The maximum atomic E-state index is 13.5. The number of carbonyl (C=O) groups is 3. The van der Waals surface area contributed by atoms with Gasteiger partial charge in [0.25, 0.3) is 0 Å². The summed E-state index contributed by atoms with van der Waals surface area (Å²) in [7, 11) is 1.25. The highest BCUT2D eigenvalue weighted by atomic mass is 35.5. The molecule has 0 saturated heterocycles. The van der Waals surface area contributed by atoms with Crippen molar-refractivity contribution in [2.75, 3.05) is 19.0 Å². The molecule has 1 aliphatic rings. The summed E-state index contributed by atoms with van der Waals surface area (Å²) in [5.41, 5.74) is 1.60. The molecule has 4 rings (SSSR count). The van der Waals surface area contributed by atoms with E-state index < -0.39 is 35.5 Å². The number of fused-ring (bicyclic) bond motifs is 1. The van der Waals surface area contributed by atoms with Gasteiger partial charge in [0.1, 0.15) is 22.7 Å². The SMILES string of the molecule is COC(=O)c1cc(Oc2ccc3c(c2)C[C@@H](N(C[C@H](O)c2cccc(Cl)c2)C(=O)OC(C)(C)C)CC3)ccc1NC(=O)OC(C)(C)C. The van der Waals surface area contributed by atoms with Crippen LogP contribution in [0.5, 0.6) is 11.5 Å². The maximum Gasteiger partial charge on any atom is 0.412 e. The summed E-state index contributed by atoms with van der Waals surface area (Å²) in [4.78, 5) is 40.0. The number of amides is 2. The Kier molecular flexibility index (Phi) is 11.1. The molecule has 47 heavy (non-hydrogen) atoms. The Hall–Kier alpha value is -4.28. The molecule has 0 radical (unpaired) electrons. The van der Waals surface area contributed by atoms with Crippen LogP contribution < -0.4 is 10.1 Å². The van der Waals surface area contributed by atoms with Crippen molar-refractivity contribution in [1.29, 1.82) is 0 Å². The number of aliphatic hydroxyl groups excluding tert-OH is 1. The van der Waals surface area contributed by atoms with E-state index in [1.807, 2.05) is 39.0 Å². The van der Waals surface area contributed by atoms with E-state index in [4.69, 9.17) is 30.5 Å². The summed E-state index contributed by atoms with van der Waals surface area (Å²) >= 11 is 6.16. The zero-order valence-corrected chi connectivity index (χ0v) is 28.6. The fraction of sp³-hybridized carbons (Fsp3) is 0.417. The van der Waals surface area contributed by atoms with E-state index >= 15 is 0 Å². The van der Waals surface area contributed by atoms with Crippen molar-refractivity contribution in [2.24, 2.45) is 0 Å². The molecule has 0 unspecified atom stereocenters. The lowest BCUT2D eigenvalue weighted by molar-refractivity contribution is 0.00193. The Labute approximate surface area is 280 Å². The van der Waals surface area contributed by atoms with Crippen LogP contribution in [-0.4, -0.2) is 59.1 Å². The molecule has 3 aromatic rings. The number of ether oxygens (including phenoxy) is 4. The van der Waals surface area contributed by atoms with Gasteiger partial charge in [-0.15, -0.1) is 0 Å². The van der Waals surface area contributed by atoms with Crippen LogP contribution >= 0.6 is 11.6 Å². The maximum absolute atomic E-state index is 13.5. The summed E-state index contributed by atoms with van der Waals surface area (Å²) < 4.78 is 22.2. The van der Waals surface area contributed by atoms with Crippen LogP contribution in [-0.2, 0) is 27.1 Å². The lowest BCUT2D eigenvalue weighted by atomic mass is 9.87. The van der Waals surface area contributed by atoms with Crippen molar-refractivity contribution in [3.05, 3.63) is 87.9 Å². The third-order valence-electron chi connectivity index (χ3n) is 7.32. The number of anilines is 1. The molecule has 0 spiro atoms. The monoisotopic (exact) mass is 666 g/mol. The molecule has 0 saturated carbocycles. The normalized spacial score (nSPS) is 15.1. The highest BCUT2D eigenvalue weighted by Gasteiger charge is 2.33. The lowest BCUT2D eigenvalue weighted by Gasteiger charge is -2.37. The molecule has 0 aliphatic heterocycles. The van der Waals surface area contributed by atoms with Crippen LogP contribution in [0.25, 0.3) is 0 Å². The summed E-state index contributed by atoms with van der Waals surface area (Å²) in [5.74, 6) is 0.223. The Morgan fingerprint density at radius 1 is 0.936 bits per heavy atom. The fourth-order valence-electron chi connectivity index (χ4n) is 5.27. The second kappa shape index (κ2) is 14.6. The lowest BCUT2D eigenvalue weighted by Crippen LogP contribution is -2.47. The third-order valence-corrected chi connectivity index (χ3v) is 7.55. The summed E-state index contributed by atoms with van der Waals surface area (Å²) in [5, 5.41) is 14.2. The zero-order valence-electron chi connectivity index (χ0n) is 27.9. The number of nitrogens with zero attached hydrogens (tertiary/aromatic N) is 1. The first-order chi connectivity index (χ1) is 22.0. The van der Waals surface area contributed by atoms with Crippen LogP contribution in [0.15, 0.2) is 60.7 Å². The molecule has 0 aromatic heterocycles. The van der Waals surface area contributed by atoms with E-state index in [0.29, 0.717) is 41.3 Å². The largest absolute Gasteiger partial charge is 0.465 e. The van der Waals surface area contributed by atoms with Gasteiger partial charge in [0.2, 0.25) is 0 Å². The van der Waals surface area contributed by atoms with Crippen LogP contribution in [0.4, 0.5) is 15.3 Å². The molecular weight excluding hydrogens is 624 g/mol. The molecule has 3 aromatic carbocycles. The standard InChI is InChI=1S/C36H43ClN2O8/c1-35(2,3)46-33(42)38-30-16-15-28(20-29(30)32(41)44-7)45-27-14-12-22-11-13-26(18-24(22)19-27)39(34(43)47-36(4,5)6)21-31(40)23-9-8-10-25(37)17-23/h8-10,12,14-17,19-20,26,31,40H,11,13,18,21H2,1-7H3,(H,38,42)/t26-,31-/m0/s1. The number of aryl methyl sites for hydroxylation is 1. The van der Waals surface area contributed by atoms with E-state index in [0.717, 1.165) is 11.1 Å². The molecule has 252 valence electrons. The number of halogens is 1. The zero-order chi connectivity index (χ0) is 34.5. The number of rotatable bonds is 8. The van der Waals surface area contributed by atoms with Crippen LogP contribution in [0.1, 0.15) is 81.1 Å². The topological polar surface area (TPSA) is 124 Å². The second-order valence-corrected chi connectivity index (χ2v) is 13.9. The Balaban J connectivity index is 1.55. The molecule has 0 bridgehead atoms. The predicted octanol–water partition coefficient (Wildman–Crippen LogP) is 8.09. The number of methoxy groups -OCH3 is 1. The number of aliphatic hydroxyl groups is 1. The molecule has 2 amide bonds. The molecule has 0 heterocycles.